The van der Waals surface area contributed by atoms with Crippen LogP contribution >= 0.6 is 0 Å². The minimum Gasteiger partial charge on any atom is -0.444 e. The van der Waals surface area contributed by atoms with Crippen LogP contribution in [0.1, 0.15) is 57.2 Å². The average molecular weight is 332 g/mol. The van der Waals surface area contributed by atoms with Crippen LogP contribution in [-0.2, 0) is 11.3 Å². The number of benzene rings is 1. The first-order valence-electron chi connectivity index (χ1n) is 8.95. The van der Waals surface area contributed by atoms with E-state index in [0.717, 1.165) is 25.9 Å². The Morgan fingerprint density at radius 1 is 1.29 bits per heavy atom. The van der Waals surface area contributed by atoms with Crippen LogP contribution in [0.4, 0.5) is 4.79 Å². The lowest BCUT2D eigenvalue weighted by atomic mass is 9.98. The molecule has 4 nitrogen and oxygen atoms in total. The summed E-state index contributed by atoms with van der Waals surface area (Å²) in [5.41, 5.74) is 3.55. The van der Waals surface area contributed by atoms with Gasteiger partial charge >= 0.3 is 6.09 Å². The molecule has 1 fully saturated rings. The van der Waals surface area contributed by atoms with Gasteiger partial charge < -0.3 is 15.0 Å². The van der Waals surface area contributed by atoms with Gasteiger partial charge in [-0.3, -0.25) is 0 Å². The summed E-state index contributed by atoms with van der Waals surface area (Å²) in [6.07, 6.45) is 1.74. The van der Waals surface area contributed by atoms with Crippen molar-refractivity contribution in [1.82, 2.24) is 10.2 Å². The smallest absolute Gasteiger partial charge is 0.410 e. The van der Waals surface area contributed by atoms with Crippen molar-refractivity contribution in [3.05, 3.63) is 34.9 Å². The first-order valence-corrected chi connectivity index (χ1v) is 8.95. The number of carbonyl (C=O) groups excluding carboxylic acids is 1. The molecule has 0 bridgehead atoms. The van der Waals surface area contributed by atoms with Gasteiger partial charge in [-0.05, 0) is 71.1 Å². The summed E-state index contributed by atoms with van der Waals surface area (Å²) in [7, 11) is 0. The third-order valence-corrected chi connectivity index (χ3v) is 4.67. The number of likely N-dealkylation sites (tertiary alicyclic amines) is 1. The highest BCUT2D eigenvalue weighted by Gasteiger charge is 2.31. The van der Waals surface area contributed by atoms with Gasteiger partial charge in [-0.15, -0.1) is 0 Å². The highest BCUT2D eigenvalue weighted by molar-refractivity contribution is 5.68. The number of aryl methyl sites for hydroxylation is 2. The average Bonchev–Trinajstić information content (AvgIpc) is 2.46. The van der Waals surface area contributed by atoms with E-state index >= 15 is 0 Å². The van der Waals surface area contributed by atoms with Crippen LogP contribution in [0.15, 0.2) is 18.2 Å². The van der Waals surface area contributed by atoms with E-state index in [-0.39, 0.29) is 12.1 Å². The van der Waals surface area contributed by atoms with Gasteiger partial charge in [0.05, 0.1) is 0 Å². The van der Waals surface area contributed by atoms with Crippen molar-refractivity contribution < 1.29 is 9.53 Å². The maximum atomic E-state index is 12.3. The third-order valence-electron chi connectivity index (χ3n) is 4.67. The van der Waals surface area contributed by atoms with Crippen molar-refractivity contribution in [2.45, 2.75) is 78.6 Å². The van der Waals surface area contributed by atoms with Gasteiger partial charge in [0.25, 0.3) is 0 Å². The predicted octanol–water partition coefficient (Wildman–Crippen LogP) is 4.18. The van der Waals surface area contributed by atoms with Gasteiger partial charge in [-0.2, -0.15) is 0 Å². The van der Waals surface area contributed by atoms with Crippen LogP contribution in [0.2, 0.25) is 0 Å². The molecule has 1 amide bonds. The second kappa shape index (κ2) is 7.56. The minimum absolute atomic E-state index is 0.192. The highest BCUT2D eigenvalue weighted by Crippen LogP contribution is 2.21. The fourth-order valence-electron chi connectivity index (χ4n) is 3.13. The van der Waals surface area contributed by atoms with E-state index in [4.69, 9.17) is 4.74 Å². The fraction of sp³-hybridized carbons (Fsp3) is 0.650. The lowest BCUT2D eigenvalue weighted by Gasteiger charge is -2.38. The largest absolute Gasteiger partial charge is 0.444 e. The molecule has 1 heterocycles. The van der Waals surface area contributed by atoms with Gasteiger partial charge in [0.1, 0.15) is 5.60 Å². The summed E-state index contributed by atoms with van der Waals surface area (Å²) in [5.74, 6) is 0. The Kier molecular flexibility index (Phi) is 5.92. The Morgan fingerprint density at radius 2 is 2.00 bits per heavy atom. The Labute approximate surface area is 146 Å². The molecule has 1 aliphatic heterocycles. The van der Waals surface area contributed by atoms with Crippen LogP contribution in [0.5, 0.6) is 0 Å². The molecule has 134 valence electrons. The summed E-state index contributed by atoms with van der Waals surface area (Å²) < 4.78 is 5.50. The molecule has 1 aromatic rings. The van der Waals surface area contributed by atoms with E-state index in [1.807, 2.05) is 25.7 Å². The Morgan fingerprint density at radius 3 is 2.58 bits per heavy atom. The summed E-state index contributed by atoms with van der Waals surface area (Å²) in [5, 5.41) is 3.64. The number of rotatable bonds is 3. The molecule has 0 saturated carbocycles. The highest BCUT2D eigenvalue weighted by atomic mass is 16.6. The molecular weight excluding hydrogens is 300 g/mol. The maximum absolute atomic E-state index is 12.3. The summed E-state index contributed by atoms with van der Waals surface area (Å²) >= 11 is 0. The molecule has 24 heavy (non-hydrogen) atoms. The number of nitrogens with one attached hydrogen (secondary N) is 1. The molecule has 1 saturated heterocycles. The van der Waals surface area contributed by atoms with Crippen molar-refractivity contribution in [3.8, 4) is 0 Å². The molecule has 1 aliphatic rings. The molecular formula is C20H32N2O2. The fourth-order valence-corrected chi connectivity index (χ4v) is 3.13. The van der Waals surface area contributed by atoms with Crippen LogP contribution in [0.3, 0.4) is 0 Å². The Bertz CT molecular complexity index is 577. The topological polar surface area (TPSA) is 41.6 Å². The van der Waals surface area contributed by atoms with Crippen molar-refractivity contribution in [3.63, 3.8) is 0 Å². The van der Waals surface area contributed by atoms with Crippen LogP contribution < -0.4 is 5.32 Å². The number of hydrogen-bond acceptors (Lipinski definition) is 3. The molecule has 2 unspecified atom stereocenters. The zero-order chi connectivity index (χ0) is 17.9. The van der Waals surface area contributed by atoms with E-state index in [2.05, 4.69) is 44.3 Å². The molecule has 2 rings (SSSR count). The second-order valence-corrected chi connectivity index (χ2v) is 8.04. The molecule has 4 heteroatoms. The summed E-state index contributed by atoms with van der Waals surface area (Å²) in [4.78, 5) is 14.1. The molecule has 0 spiro atoms. The van der Waals surface area contributed by atoms with Crippen LogP contribution in [-0.4, -0.2) is 35.2 Å². The zero-order valence-corrected chi connectivity index (χ0v) is 16.0. The Balaban J connectivity index is 1.84. The van der Waals surface area contributed by atoms with Gasteiger partial charge in [-0.1, -0.05) is 18.2 Å². The molecule has 1 N–H and O–H groups in total. The molecule has 2 atom stereocenters. The van der Waals surface area contributed by atoms with Crippen molar-refractivity contribution in [2.24, 2.45) is 0 Å². The van der Waals surface area contributed by atoms with E-state index in [1.54, 1.807) is 0 Å². The van der Waals surface area contributed by atoms with Gasteiger partial charge in [0.15, 0.2) is 0 Å². The zero-order valence-electron chi connectivity index (χ0n) is 16.0. The molecule has 0 aromatic heterocycles. The number of piperidine rings is 1. The van der Waals surface area contributed by atoms with Crippen molar-refractivity contribution in [2.75, 3.05) is 6.54 Å². The lowest BCUT2D eigenvalue weighted by molar-refractivity contribution is 0.00932. The first kappa shape index (κ1) is 18.8. The van der Waals surface area contributed by atoms with E-state index < -0.39 is 5.60 Å². The van der Waals surface area contributed by atoms with E-state index in [0.29, 0.717) is 6.04 Å². The number of nitrogens with zero attached hydrogens (tertiary/aromatic N) is 1. The quantitative estimate of drug-likeness (QED) is 0.903. The van der Waals surface area contributed by atoms with Gasteiger partial charge in [0, 0.05) is 25.2 Å². The van der Waals surface area contributed by atoms with Gasteiger partial charge in [-0.25, -0.2) is 4.79 Å². The predicted molar refractivity (Wildman–Crippen MR) is 98.2 cm³/mol. The number of amides is 1. The number of ether oxygens (including phenoxy) is 1. The van der Waals surface area contributed by atoms with Crippen molar-refractivity contribution >= 4 is 6.09 Å². The summed E-state index contributed by atoms with van der Waals surface area (Å²) in [6.45, 7) is 13.8. The van der Waals surface area contributed by atoms with Crippen molar-refractivity contribution in [1.29, 1.82) is 0 Å². The first-order chi connectivity index (χ1) is 11.2. The number of hydrogen-bond donors (Lipinski definition) is 1. The maximum Gasteiger partial charge on any atom is 0.410 e. The summed E-state index contributed by atoms with van der Waals surface area (Å²) in [6, 6.07) is 7.27. The molecule has 0 aliphatic carbocycles. The van der Waals surface area contributed by atoms with Gasteiger partial charge in [0.2, 0.25) is 0 Å². The standard InChI is InChI=1S/C20H32N2O2/c1-14-7-8-17(11-15(14)2)13-21-18-9-10-22(16(3)12-18)19(23)24-20(4,5)6/h7-8,11,16,18,21H,9-10,12-13H2,1-6H3. The second-order valence-electron chi connectivity index (χ2n) is 8.04. The lowest BCUT2D eigenvalue weighted by Crippen LogP contribution is -2.50. The normalized spacial score (nSPS) is 21.7. The van der Waals surface area contributed by atoms with E-state index in [1.165, 1.54) is 16.7 Å². The van der Waals surface area contributed by atoms with E-state index in [9.17, 15) is 4.79 Å². The minimum atomic E-state index is -0.435. The third kappa shape index (κ3) is 5.23. The Hall–Kier alpha value is -1.55. The van der Waals surface area contributed by atoms with Crippen LogP contribution in [0.25, 0.3) is 0 Å². The monoisotopic (exact) mass is 332 g/mol. The number of carbonyl (C=O) groups is 1. The van der Waals surface area contributed by atoms with Crippen LogP contribution in [0, 0.1) is 13.8 Å². The molecule has 1 aromatic carbocycles. The molecule has 0 radical (unpaired) electrons. The SMILES string of the molecule is Cc1ccc(CNC2CCN(C(=O)OC(C)(C)C)C(C)C2)cc1C.